The number of allylic oxidation sites excluding steroid dienone is 1. The summed E-state index contributed by atoms with van der Waals surface area (Å²) in [6.07, 6.45) is 3.27. The molecule has 2 heterocycles. The van der Waals surface area contributed by atoms with Crippen molar-refractivity contribution in [3.63, 3.8) is 0 Å². The molecule has 1 N–H and O–H groups in total. The number of pyridine rings is 1. The van der Waals surface area contributed by atoms with E-state index in [9.17, 15) is 9.59 Å². The van der Waals surface area contributed by atoms with Crippen LogP contribution in [0.2, 0.25) is 0 Å². The third-order valence-corrected chi connectivity index (χ3v) is 5.26. The molecule has 1 aliphatic rings. The number of aromatic nitrogens is 1. The Hall–Kier alpha value is -3.91. The minimum absolute atomic E-state index is 0.223. The second-order valence-electron chi connectivity index (χ2n) is 7.44. The first kappa shape index (κ1) is 22.3. The Bertz CT molecular complexity index is 1200. The van der Waals surface area contributed by atoms with Crippen LogP contribution in [0.4, 0.5) is 5.82 Å². The fraction of sp³-hybridized carbons (Fsp3) is 0.240. The molecule has 4 rings (SSSR count). The van der Waals surface area contributed by atoms with E-state index in [1.807, 2.05) is 30.3 Å². The molecule has 0 aliphatic carbocycles. The molecule has 1 aromatic heterocycles. The molecule has 0 radical (unpaired) electrons. The molecule has 0 saturated carbocycles. The summed E-state index contributed by atoms with van der Waals surface area (Å²) in [5.41, 5.74) is 2.13. The molecule has 3 aromatic rings. The largest absolute Gasteiger partial charge is 0.493 e. The Morgan fingerprint density at radius 2 is 1.91 bits per heavy atom. The quantitative estimate of drug-likeness (QED) is 0.413. The lowest BCUT2D eigenvalue weighted by atomic mass is 10.1. The molecule has 0 bridgehead atoms. The minimum atomic E-state index is -1.10. The van der Waals surface area contributed by atoms with Gasteiger partial charge in [0.15, 0.2) is 23.9 Å². The molecule has 0 amide bonds. The molecular formula is C25H24N2O6. The summed E-state index contributed by atoms with van der Waals surface area (Å²) in [6.45, 7) is 2.23. The summed E-state index contributed by atoms with van der Waals surface area (Å²) in [7, 11) is 1.43. The van der Waals surface area contributed by atoms with E-state index < -0.39 is 12.6 Å². The maximum Gasteiger partial charge on any atom is 0.341 e. The first-order valence-electron chi connectivity index (χ1n) is 10.5. The van der Waals surface area contributed by atoms with Gasteiger partial charge in [0.05, 0.1) is 25.8 Å². The number of benzene rings is 2. The number of carbonyl (C=O) groups excluding carboxylic acids is 1. The highest BCUT2D eigenvalue weighted by Crippen LogP contribution is 2.29. The first-order valence-corrected chi connectivity index (χ1v) is 10.5. The van der Waals surface area contributed by atoms with Gasteiger partial charge in [0.2, 0.25) is 0 Å². The van der Waals surface area contributed by atoms with E-state index in [1.165, 1.54) is 25.3 Å². The second-order valence-corrected chi connectivity index (χ2v) is 7.44. The Labute approximate surface area is 191 Å². The summed E-state index contributed by atoms with van der Waals surface area (Å²) < 4.78 is 15.9. The highest BCUT2D eigenvalue weighted by Gasteiger charge is 2.17. The van der Waals surface area contributed by atoms with Crippen LogP contribution in [0, 0.1) is 0 Å². The number of para-hydroxylation sites is 1. The number of carboxylic acids is 1. The van der Waals surface area contributed by atoms with Gasteiger partial charge in [-0.05, 0) is 42.5 Å². The van der Waals surface area contributed by atoms with E-state index in [4.69, 9.17) is 24.3 Å². The predicted octanol–water partition coefficient (Wildman–Crippen LogP) is 3.44. The van der Waals surface area contributed by atoms with Gasteiger partial charge in [-0.15, -0.1) is 0 Å². The zero-order valence-electron chi connectivity index (χ0n) is 18.2. The number of nitrogens with zero attached hydrogens (tertiary/aromatic N) is 2. The van der Waals surface area contributed by atoms with Crippen molar-refractivity contribution < 1.29 is 28.9 Å². The Morgan fingerprint density at radius 1 is 1.12 bits per heavy atom. The number of fused-ring (bicyclic) bond motifs is 1. The predicted molar refractivity (Wildman–Crippen MR) is 124 cm³/mol. The van der Waals surface area contributed by atoms with Crippen molar-refractivity contribution in [1.29, 1.82) is 0 Å². The average molecular weight is 448 g/mol. The van der Waals surface area contributed by atoms with Gasteiger partial charge in [0.25, 0.3) is 0 Å². The molecule has 0 spiro atoms. The van der Waals surface area contributed by atoms with Crippen molar-refractivity contribution in [2.75, 3.05) is 44.9 Å². The van der Waals surface area contributed by atoms with Crippen LogP contribution in [0.1, 0.15) is 15.9 Å². The molecule has 1 fully saturated rings. The van der Waals surface area contributed by atoms with Gasteiger partial charge >= 0.3 is 5.97 Å². The van der Waals surface area contributed by atoms with Gasteiger partial charge in [0.1, 0.15) is 5.82 Å². The summed E-state index contributed by atoms with van der Waals surface area (Å²) >= 11 is 0. The van der Waals surface area contributed by atoms with Crippen LogP contribution in [-0.2, 0) is 9.53 Å². The summed E-state index contributed by atoms with van der Waals surface area (Å²) in [6, 6.07) is 14.5. The molecule has 1 saturated heterocycles. The molecule has 8 nitrogen and oxygen atoms in total. The standard InChI is InChI=1S/C25H24N2O6/c1-31-23-15-18(7-9-22(23)33-16-24(29)30)21(28)8-6-19-14-17-4-2-3-5-20(17)26-25(19)27-10-12-32-13-11-27/h2-9,14-15H,10-13,16H2,1H3,(H,29,30)/b8-6+. The van der Waals surface area contributed by atoms with E-state index in [0.717, 1.165) is 35.4 Å². The van der Waals surface area contributed by atoms with Gasteiger partial charge in [-0.2, -0.15) is 0 Å². The number of carboxylic acid groups (broad SMARTS) is 1. The lowest BCUT2D eigenvalue weighted by Gasteiger charge is -2.29. The maximum atomic E-state index is 12.9. The van der Waals surface area contributed by atoms with Crippen molar-refractivity contribution >= 4 is 34.5 Å². The van der Waals surface area contributed by atoms with Crippen molar-refractivity contribution in [2.24, 2.45) is 0 Å². The number of hydrogen-bond donors (Lipinski definition) is 1. The highest BCUT2D eigenvalue weighted by atomic mass is 16.5. The van der Waals surface area contributed by atoms with Crippen molar-refractivity contribution in [3.05, 3.63) is 65.7 Å². The topological polar surface area (TPSA) is 98.2 Å². The van der Waals surface area contributed by atoms with Crippen LogP contribution in [-0.4, -0.2) is 61.9 Å². The van der Waals surface area contributed by atoms with Crippen LogP contribution in [0.25, 0.3) is 17.0 Å². The van der Waals surface area contributed by atoms with Crippen molar-refractivity contribution in [1.82, 2.24) is 4.98 Å². The van der Waals surface area contributed by atoms with Gasteiger partial charge in [-0.1, -0.05) is 18.2 Å². The lowest BCUT2D eigenvalue weighted by molar-refractivity contribution is -0.139. The number of carbonyl (C=O) groups is 2. The van der Waals surface area contributed by atoms with Crippen molar-refractivity contribution in [2.45, 2.75) is 0 Å². The number of rotatable bonds is 8. The third kappa shape index (κ3) is 5.30. The van der Waals surface area contributed by atoms with E-state index >= 15 is 0 Å². The van der Waals surface area contributed by atoms with Gasteiger partial charge in [-0.25, -0.2) is 9.78 Å². The minimum Gasteiger partial charge on any atom is -0.493 e. The SMILES string of the molecule is COc1cc(C(=O)/C=C/c2cc3ccccc3nc2N2CCOCC2)ccc1OCC(=O)O. The van der Waals surface area contributed by atoms with Crippen LogP contribution >= 0.6 is 0 Å². The van der Waals surface area contributed by atoms with E-state index in [0.29, 0.717) is 18.8 Å². The van der Waals surface area contributed by atoms with Crippen LogP contribution in [0.5, 0.6) is 11.5 Å². The zero-order valence-corrected chi connectivity index (χ0v) is 18.2. The smallest absolute Gasteiger partial charge is 0.341 e. The average Bonchev–Trinajstić information content (AvgIpc) is 2.85. The van der Waals surface area contributed by atoms with Crippen molar-refractivity contribution in [3.8, 4) is 11.5 Å². The molecule has 170 valence electrons. The maximum absolute atomic E-state index is 12.9. The van der Waals surface area contributed by atoms with Crippen LogP contribution in [0.15, 0.2) is 54.6 Å². The molecular weight excluding hydrogens is 424 g/mol. The lowest BCUT2D eigenvalue weighted by Crippen LogP contribution is -2.37. The molecule has 0 atom stereocenters. The van der Waals surface area contributed by atoms with Crippen LogP contribution < -0.4 is 14.4 Å². The number of ether oxygens (including phenoxy) is 3. The van der Waals surface area contributed by atoms with Gasteiger partial charge < -0.3 is 24.2 Å². The highest BCUT2D eigenvalue weighted by molar-refractivity contribution is 6.07. The monoisotopic (exact) mass is 448 g/mol. The molecule has 2 aromatic carbocycles. The second kappa shape index (κ2) is 10.1. The Kier molecular flexibility index (Phi) is 6.85. The third-order valence-electron chi connectivity index (χ3n) is 5.26. The van der Waals surface area contributed by atoms with E-state index in [-0.39, 0.29) is 17.3 Å². The molecule has 8 heteroatoms. The fourth-order valence-corrected chi connectivity index (χ4v) is 3.61. The molecule has 1 aliphatic heterocycles. The summed E-state index contributed by atoms with van der Waals surface area (Å²) in [5, 5.41) is 9.79. The first-order chi connectivity index (χ1) is 16.0. The zero-order chi connectivity index (χ0) is 23.2. The normalized spacial score (nSPS) is 13.9. The fourth-order valence-electron chi connectivity index (χ4n) is 3.61. The Morgan fingerprint density at radius 3 is 2.67 bits per heavy atom. The number of morpholine rings is 1. The van der Waals surface area contributed by atoms with E-state index in [1.54, 1.807) is 12.1 Å². The number of methoxy groups -OCH3 is 1. The number of hydrogen-bond acceptors (Lipinski definition) is 7. The summed E-state index contributed by atoms with van der Waals surface area (Å²) in [4.78, 5) is 30.6. The van der Waals surface area contributed by atoms with E-state index in [2.05, 4.69) is 4.90 Å². The number of anilines is 1. The molecule has 33 heavy (non-hydrogen) atoms. The van der Waals surface area contributed by atoms with Crippen LogP contribution in [0.3, 0.4) is 0 Å². The summed E-state index contributed by atoms with van der Waals surface area (Å²) in [5.74, 6) is 0.0427. The van der Waals surface area contributed by atoms with Gasteiger partial charge in [-0.3, -0.25) is 4.79 Å². The number of aliphatic carboxylic acids is 1. The number of ketones is 1. The molecule has 0 unspecified atom stereocenters. The Balaban J connectivity index is 1.62. The van der Waals surface area contributed by atoms with Gasteiger partial charge in [0, 0.05) is 29.6 Å².